The van der Waals surface area contributed by atoms with Gasteiger partial charge in [-0.1, -0.05) is 24.3 Å². The monoisotopic (exact) mass is 272 g/mol. The number of amides is 1. The van der Waals surface area contributed by atoms with Gasteiger partial charge in [0, 0.05) is 5.92 Å². The number of rotatable bonds is 3. The highest BCUT2D eigenvalue weighted by Gasteiger charge is 2.18. The molecular weight excluding hydrogens is 256 g/mol. The van der Waals surface area contributed by atoms with Crippen LogP contribution in [0.4, 0.5) is 0 Å². The topological polar surface area (TPSA) is 42.0 Å². The average molecular weight is 272 g/mol. The quantitative estimate of drug-likeness (QED) is 0.871. The fourth-order valence-electron chi connectivity index (χ4n) is 2.33. The van der Waals surface area contributed by atoms with Gasteiger partial charge in [0.05, 0.1) is 16.8 Å². The number of thiazole rings is 1. The largest absolute Gasteiger partial charge is 0.349 e. The number of fused-ring (bicyclic) bond motifs is 1. The predicted molar refractivity (Wildman–Crippen MR) is 77.9 cm³/mol. The molecule has 1 heterocycles. The number of benzene rings is 1. The third-order valence-corrected chi connectivity index (χ3v) is 4.43. The summed E-state index contributed by atoms with van der Waals surface area (Å²) in [5.74, 6) is 0.294. The minimum absolute atomic E-state index is 0.138. The molecule has 2 aromatic rings. The van der Waals surface area contributed by atoms with E-state index in [9.17, 15) is 4.79 Å². The molecule has 1 aliphatic rings. The Morgan fingerprint density at radius 1 is 1.37 bits per heavy atom. The first-order valence-corrected chi connectivity index (χ1v) is 7.42. The molecule has 0 spiro atoms. The van der Waals surface area contributed by atoms with Crippen LogP contribution in [0.3, 0.4) is 0 Å². The number of aromatic nitrogens is 1. The molecule has 1 aliphatic carbocycles. The zero-order valence-corrected chi connectivity index (χ0v) is 11.5. The average Bonchev–Trinajstić information content (AvgIpc) is 2.88. The van der Waals surface area contributed by atoms with Gasteiger partial charge in [-0.2, -0.15) is 0 Å². The van der Waals surface area contributed by atoms with Crippen molar-refractivity contribution in [2.45, 2.75) is 25.8 Å². The second-order valence-corrected chi connectivity index (χ2v) is 5.89. The molecule has 0 radical (unpaired) electrons. The van der Waals surface area contributed by atoms with Crippen LogP contribution >= 0.6 is 11.3 Å². The fourth-order valence-corrected chi connectivity index (χ4v) is 3.24. The van der Waals surface area contributed by atoms with E-state index < -0.39 is 0 Å². The van der Waals surface area contributed by atoms with E-state index >= 15 is 0 Å². The van der Waals surface area contributed by atoms with Gasteiger partial charge in [0.25, 0.3) is 0 Å². The van der Waals surface area contributed by atoms with Crippen molar-refractivity contribution < 1.29 is 4.79 Å². The van der Waals surface area contributed by atoms with Crippen LogP contribution in [0, 0.1) is 5.92 Å². The van der Waals surface area contributed by atoms with Gasteiger partial charge >= 0.3 is 0 Å². The Morgan fingerprint density at radius 2 is 2.26 bits per heavy atom. The summed E-state index contributed by atoms with van der Waals surface area (Å²) in [7, 11) is 0. The lowest BCUT2D eigenvalue weighted by atomic mass is 9.94. The van der Waals surface area contributed by atoms with E-state index in [1.165, 1.54) is 4.70 Å². The van der Waals surface area contributed by atoms with E-state index in [1.807, 2.05) is 18.2 Å². The standard InChI is InChI=1S/C15H16N2OS/c18-15(11-6-2-1-3-7-11)16-10-14-17-12-8-4-5-9-13(12)19-14/h1-2,4-5,8-9,11H,3,6-7,10H2,(H,16,18). The SMILES string of the molecule is O=C(NCc1nc2ccccc2s1)C1CC=CCC1. The Hall–Kier alpha value is -1.68. The summed E-state index contributed by atoms with van der Waals surface area (Å²) in [5, 5.41) is 3.98. The Morgan fingerprint density at radius 3 is 3.05 bits per heavy atom. The molecule has 0 saturated heterocycles. The van der Waals surface area contributed by atoms with Gasteiger partial charge in [0.2, 0.25) is 5.91 Å². The van der Waals surface area contributed by atoms with Gasteiger partial charge in [-0.05, 0) is 31.4 Å². The van der Waals surface area contributed by atoms with E-state index in [-0.39, 0.29) is 11.8 Å². The van der Waals surface area contributed by atoms with Crippen LogP contribution in [0.15, 0.2) is 36.4 Å². The zero-order valence-electron chi connectivity index (χ0n) is 10.6. The van der Waals surface area contributed by atoms with Crippen molar-refractivity contribution >= 4 is 27.5 Å². The van der Waals surface area contributed by atoms with Crippen molar-refractivity contribution in [1.29, 1.82) is 0 Å². The smallest absolute Gasteiger partial charge is 0.223 e. The lowest BCUT2D eigenvalue weighted by molar-refractivity contribution is -0.125. The first-order chi connectivity index (χ1) is 9.33. The Bertz CT molecular complexity index is 584. The second-order valence-electron chi connectivity index (χ2n) is 4.77. The molecule has 0 bridgehead atoms. The first kappa shape index (κ1) is 12.4. The molecule has 0 fully saturated rings. The number of nitrogens with zero attached hydrogens (tertiary/aromatic N) is 1. The Kier molecular flexibility index (Phi) is 3.60. The van der Waals surface area contributed by atoms with Gasteiger partial charge in [-0.25, -0.2) is 4.98 Å². The number of carbonyl (C=O) groups is 1. The zero-order chi connectivity index (χ0) is 13.1. The van der Waals surface area contributed by atoms with E-state index in [1.54, 1.807) is 11.3 Å². The maximum absolute atomic E-state index is 12.0. The maximum atomic E-state index is 12.0. The highest BCUT2D eigenvalue weighted by molar-refractivity contribution is 7.18. The molecule has 19 heavy (non-hydrogen) atoms. The molecule has 3 nitrogen and oxygen atoms in total. The van der Waals surface area contributed by atoms with Gasteiger partial charge in [-0.3, -0.25) is 4.79 Å². The molecule has 1 unspecified atom stereocenters. The van der Waals surface area contributed by atoms with E-state index in [0.717, 1.165) is 29.8 Å². The number of hydrogen-bond acceptors (Lipinski definition) is 3. The Balaban J connectivity index is 1.62. The minimum Gasteiger partial charge on any atom is -0.349 e. The molecule has 0 aliphatic heterocycles. The molecule has 3 rings (SSSR count). The second kappa shape index (κ2) is 5.53. The number of nitrogens with one attached hydrogen (secondary N) is 1. The van der Waals surface area contributed by atoms with Crippen molar-refractivity contribution in [3.8, 4) is 0 Å². The van der Waals surface area contributed by atoms with Crippen LogP contribution < -0.4 is 5.32 Å². The van der Waals surface area contributed by atoms with E-state index in [4.69, 9.17) is 0 Å². The first-order valence-electron chi connectivity index (χ1n) is 6.60. The van der Waals surface area contributed by atoms with Crippen molar-refractivity contribution in [2.24, 2.45) is 5.92 Å². The van der Waals surface area contributed by atoms with E-state index in [2.05, 4.69) is 28.5 Å². The van der Waals surface area contributed by atoms with Crippen LogP contribution in [0.25, 0.3) is 10.2 Å². The number of carbonyl (C=O) groups excluding carboxylic acids is 1. The van der Waals surface area contributed by atoms with Crippen molar-refractivity contribution in [2.75, 3.05) is 0 Å². The lowest BCUT2D eigenvalue weighted by Crippen LogP contribution is -2.30. The summed E-state index contributed by atoms with van der Waals surface area (Å²) in [6, 6.07) is 8.06. The molecule has 4 heteroatoms. The van der Waals surface area contributed by atoms with Crippen LogP contribution in [-0.2, 0) is 11.3 Å². The number of para-hydroxylation sites is 1. The maximum Gasteiger partial charge on any atom is 0.223 e. The molecule has 1 atom stereocenters. The number of allylic oxidation sites excluding steroid dienone is 2. The molecule has 98 valence electrons. The Labute approximate surface area is 116 Å². The molecule has 0 saturated carbocycles. The third kappa shape index (κ3) is 2.84. The van der Waals surface area contributed by atoms with Crippen LogP contribution in [0.2, 0.25) is 0 Å². The van der Waals surface area contributed by atoms with Gasteiger partial charge < -0.3 is 5.32 Å². The summed E-state index contributed by atoms with van der Waals surface area (Å²) in [6.45, 7) is 0.540. The van der Waals surface area contributed by atoms with Crippen molar-refractivity contribution in [3.63, 3.8) is 0 Å². The summed E-state index contributed by atoms with van der Waals surface area (Å²) in [4.78, 5) is 16.5. The van der Waals surface area contributed by atoms with Crippen molar-refractivity contribution in [3.05, 3.63) is 41.4 Å². The van der Waals surface area contributed by atoms with Gasteiger partial charge in [0.1, 0.15) is 5.01 Å². The summed E-state index contributed by atoms with van der Waals surface area (Å²) in [6.07, 6.45) is 7.09. The van der Waals surface area contributed by atoms with Gasteiger partial charge in [-0.15, -0.1) is 11.3 Å². The van der Waals surface area contributed by atoms with E-state index in [0.29, 0.717) is 6.54 Å². The highest BCUT2D eigenvalue weighted by Crippen LogP contribution is 2.22. The van der Waals surface area contributed by atoms with Crippen LogP contribution in [-0.4, -0.2) is 10.9 Å². The fraction of sp³-hybridized carbons (Fsp3) is 0.333. The summed E-state index contributed by atoms with van der Waals surface area (Å²) < 4.78 is 1.17. The summed E-state index contributed by atoms with van der Waals surface area (Å²) in [5.41, 5.74) is 1.01. The number of hydrogen-bond donors (Lipinski definition) is 1. The van der Waals surface area contributed by atoms with Gasteiger partial charge in [0.15, 0.2) is 0 Å². The summed E-state index contributed by atoms with van der Waals surface area (Å²) >= 11 is 1.65. The normalized spacial score (nSPS) is 18.6. The molecule has 1 N–H and O–H groups in total. The van der Waals surface area contributed by atoms with Crippen molar-refractivity contribution in [1.82, 2.24) is 10.3 Å². The lowest BCUT2D eigenvalue weighted by Gasteiger charge is -2.16. The molecular formula is C15H16N2OS. The molecule has 1 aromatic heterocycles. The minimum atomic E-state index is 0.138. The molecule has 1 amide bonds. The van der Waals surface area contributed by atoms with Crippen LogP contribution in [0.5, 0.6) is 0 Å². The predicted octanol–water partition coefficient (Wildman–Crippen LogP) is 3.27. The molecule has 1 aromatic carbocycles. The highest BCUT2D eigenvalue weighted by atomic mass is 32.1. The third-order valence-electron chi connectivity index (χ3n) is 3.39. The van der Waals surface area contributed by atoms with Crippen LogP contribution in [0.1, 0.15) is 24.3 Å².